The van der Waals surface area contributed by atoms with Crippen LogP contribution in [0.4, 0.5) is 4.79 Å². The molecule has 0 spiro atoms. The van der Waals surface area contributed by atoms with E-state index in [0.717, 1.165) is 64.5 Å². The molecule has 0 radical (unpaired) electrons. The van der Waals surface area contributed by atoms with E-state index >= 15 is 0 Å². The SMILES string of the molecule is CN1CCN(C(=O)N2C[C@@H]3CC[C@H]2CN(Cc2ccccn2)C3)CC1. The Hall–Kier alpha value is -1.66. The van der Waals surface area contributed by atoms with Crippen molar-refractivity contribution in [1.82, 2.24) is 24.6 Å². The zero-order chi connectivity index (χ0) is 17.2. The zero-order valence-corrected chi connectivity index (χ0v) is 15.2. The molecule has 136 valence electrons. The van der Waals surface area contributed by atoms with Crippen molar-refractivity contribution < 1.29 is 4.79 Å². The molecule has 6 nitrogen and oxygen atoms in total. The van der Waals surface area contributed by atoms with E-state index in [1.54, 1.807) is 0 Å². The fourth-order valence-corrected chi connectivity index (χ4v) is 4.44. The number of pyridine rings is 1. The second kappa shape index (κ2) is 7.30. The van der Waals surface area contributed by atoms with Crippen molar-refractivity contribution in [3.8, 4) is 0 Å². The van der Waals surface area contributed by atoms with Crippen LogP contribution < -0.4 is 0 Å². The van der Waals surface area contributed by atoms with Crippen molar-refractivity contribution >= 4 is 6.03 Å². The molecular weight excluding hydrogens is 314 g/mol. The fourth-order valence-electron chi connectivity index (χ4n) is 4.44. The van der Waals surface area contributed by atoms with Crippen LogP contribution >= 0.6 is 0 Å². The normalized spacial score (nSPS) is 28.2. The van der Waals surface area contributed by atoms with Crippen molar-refractivity contribution in [2.75, 3.05) is 52.9 Å². The van der Waals surface area contributed by atoms with Gasteiger partial charge < -0.3 is 14.7 Å². The lowest BCUT2D eigenvalue weighted by molar-refractivity contribution is 0.0895. The van der Waals surface area contributed by atoms with Crippen LogP contribution in [0.5, 0.6) is 0 Å². The highest BCUT2D eigenvalue weighted by atomic mass is 16.2. The van der Waals surface area contributed by atoms with Gasteiger partial charge in [-0.15, -0.1) is 0 Å². The Labute approximate surface area is 150 Å². The van der Waals surface area contributed by atoms with Gasteiger partial charge in [0.15, 0.2) is 0 Å². The van der Waals surface area contributed by atoms with Gasteiger partial charge in [-0.05, 0) is 37.9 Å². The standard InChI is InChI=1S/C19H29N5O/c1-21-8-10-23(11-9-21)19(25)24-13-16-5-6-18(24)15-22(12-16)14-17-4-2-3-7-20-17/h2-4,7,16,18H,5-6,8-15H2,1H3/t16-,18+/m1/s1. The van der Waals surface area contributed by atoms with Crippen LogP contribution in [0.3, 0.4) is 0 Å². The molecule has 4 aliphatic heterocycles. The number of nitrogens with zero attached hydrogens (tertiary/aromatic N) is 5. The summed E-state index contributed by atoms with van der Waals surface area (Å²) in [5.74, 6) is 0.596. The molecule has 4 saturated heterocycles. The minimum atomic E-state index is 0.266. The van der Waals surface area contributed by atoms with Crippen molar-refractivity contribution in [3.63, 3.8) is 0 Å². The van der Waals surface area contributed by atoms with Gasteiger partial charge in [-0.25, -0.2) is 4.79 Å². The van der Waals surface area contributed by atoms with Crippen LogP contribution in [0.2, 0.25) is 0 Å². The second-order valence-corrected chi connectivity index (χ2v) is 7.84. The Morgan fingerprint density at radius 1 is 1.12 bits per heavy atom. The Bertz CT molecular complexity index is 587. The maximum absolute atomic E-state index is 13.1. The van der Waals surface area contributed by atoms with Crippen molar-refractivity contribution in [1.29, 1.82) is 0 Å². The molecule has 0 aliphatic carbocycles. The number of carbonyl (C=O) groups excluding carboxylic acids is 1. The number of hydrogen-bond acceptors (Lipinski definition) is 4. The number of amides is 2. The van der Waals surface area contributed by atoms with E-state index in [9.17, 15) is 4.79 Å². The quantitative estimate of drug-likeness (QED) is 0.813. The molecule has 4 fully saturated rings. The first-order valence-electron chi connectivity index (χ1n) is 9.55. The van der Waals surface area contributed by atoms with Gasteiger partial charge in [0.1, 0.15) is 0 Å². The number of piperidine rings is 1. The van der Waals surface area contributed by atoms with E-state index in [0.29, 0.717) is 12.0 Å². The van der Waals surface area contributed by atoms with Crippen LogP contribution in [0.1, 0.15) is 18.5 Å². The predicted molar refractivity (Wildman–Crippen MR) is 97.2 cm³/mol. The van der Waals surface area contributed by atoms with E-state index in [-0.39, 0.29) is 6.03 Å². The Balaban J connectivity index is 1.41. The van der Waals surface area contributed by atoms with Crippen LogP contribution in [-0.2, 0) is 6.54 Å². The summed E-state index contributed by atoms with van der Waals surface area (Å²) in [5, 5.41) is 0. The number of rotatable bonds is 2. The molecule has 0 aromatic carbocycles. The summed E-state index contributed by atoms with van der Waals surface area (Å²) in [4.78, 5) is 26.6. The molecule has 1 aromatic heterocycles. The molecule has 2 atom stereocenters. The molecule has 5 rings (SSSR count). The lowest BCUT2D eigenvalue weighted by Crippen LogP contribution is -2.56. The maximum atomic E-state index is 13.1. The molecule has 5 heterocycles. The third-order valence-electron chi connectivity index (χ3n) is 5.92. The van der Waals surface area contributed by atoms with E-state index in [1.807, 2.05) is 12.3 Å². The molecule has 4 aliphatic rings. The lowest BCUT2D eigenvalue weighted by atomic mass is 9.95. The first-order chi connectivity index (χ1) is 12.2. The molecule has 2 bridgehead atoms. The summed E-state index contributed by atoms with van der Waals surface area (Å²) in [6.45, 7) is 7.58. The van der Waals surface area contributed by atoms with Gasteiger partial charge in [-0.3, -0.25) is 9.88 Å². The largest absolute Gasteiger partial charge is 0.322 e. The smallest absolute Gasteiger partial charge is 0.320 e. The number of fused-ring (bicyclic) bond motifs is 4. The van der Waals surface area contributed by atoms with Crippen LogP contribution in [0.25, 0.3) is 0 Å². The third-order valence-corrected chi connectivity index (χ3v) is 5.92. The highest BCUT2D eigenvalue weighted by Crippen LogP contribution is 2.29. The van der Waals surface area contributed by atoms with E-state index in [2.05, 4.69) is 43.8 Å². The van der Waals surface area contributed by atoms with E-state index in [4.69, 9.17) is 0 Å². The summed E-state index contributed by atoms with van der Waals surface area (Å²) in [6, 6.07) is 6.74. The topological polar surface area (TPSA) is 42.9 Å². The monoisotopic (exact) mass is 343 g/mol. The molecule has 0 N–H and O–H groups in total. The van der Waals surface area contributed by atoms with E-state index in [1.165, 1.54) is 6.42 Å². The molecule has 0 saturated carbocycles. The first-order valence-corrected chi connectivity index (χ1v) is 9.55. The van der Waals surface area contributed by atoms with Crippen LogP contribution in [0, 0.1) is 5.92 Å². The summed E-state index contributed by atoms with van der Waals surface area (Å²) in [7, 11) is 2.13. The minimum absolute atomic E-state index is 0.266. The maximum Gasteiger partial charge on any atom is 0.320 e. The fraction of sp³-hybridized carbons (Fsp3) is 0.684. The summed E-state index contributed by atoms with van der Waals surface area (Å²) in [6.07, 6.45) is 4.25. The molecule has 1 aromatic rings. The van der Waals surface area contributed by atoms with Crippen LogP contribution in [-0.4, -0.2) is 89.5 Å². The number of likely N-dealkylation sites (N-methyl/N-ethyl adjacent to an activating group) is 1. The summed E-state index contributed by atoms with van der Waals surface area (Å²) >= 11 is 0. The molecule has 25 heavy (non-hydrogen) atoms. The van der Waals surface area contributed by atoms with Gasteiger partial charge in [0.2, 0.25) is 0 Å². The Morgan fingerprint density at radius 3 is 2.72 bits per heavy atom. The van der Waals surface area contributed by atoms with Crippen molar-refractivity contribution in [2.45, 2.75) is 25.4 Å². The second-order valence-electron chi connectivity index (χ2n) is 7.84. The summed E-state index contributed by atoms with van der Waals surface area (Å²) < 4.78 is 0. The number of urea groups is 1. The van der Waals surface area contributed by atoms with Gasteiger partial charge >= 0.3 is 6.03 Å². The van der Waals surface area contributed by atoms with Gasteiger partial charge in [0, 0.05) is 64.6 Å². The Morgan fingerprint density at radius 2 is 1.96 bits per heavy atom. The lowest BCUT2D eigenvalue weighted by Gasteiger charge is -2.41. The molecule has 2 amide bonds. The first kappa shape index (κ1) is 16.8. The molecule has 0 unspecified atom stereocenters. The highest BCUT2D eigenvalue weighted by molar-refractivity contribution is 5.75. The average Bonchev–Trinajstić information content (AvgIpc) is 2.93. The van der Waals surface area contributed by atoms with Crippen LogP contribution in [0.15, 0.2) is 24.4 Å². The third kappa shape index (κ3) is 3.80. The summed E-state index contributed by atoms with van der Waals surface area (Å²) in [5.41, 5.74) is 1.13. The van der Waals surface area contributed by atoms with Gasteiger partial charge in [0.25, 0.3) is 0 Å². The Kier molecular flexibility index (Phi) is 4.90. The molecular formula is C19H29N5O. The van der Waals surface area contributed by atoms with Crippen molar-refractivity contribution in [3.05, 3.63) is 30.1 Å². The van der Waals surface area contributed by atoms with Gasteiger partial charge in [-0.1, -0.05) is 6.07 Å². The number of hydrogen-bond donors (Lipinski definition) is 0. The predicted octanol–water partition coefficient (Wildman–Crippen LogP) is 1.35. The zero-order valence-electron chi connectivity index (χ0n) is 15.2. The number of piperazine rings is 1. The number of aromatic nitrogens is 1. The van der Waals surface area contributed by atoms with Gasteiger partial charge in [-0.2, -0.15) is 0 Å². The van der Waals surface area contributed by atoms with E-state index < -0.39 is 0 Å². The van der Waals surface area contributed by atoms with Gasteiger partial charge in [0.05, 0.1) is 5.69 Å². The van der Waals surface area contributed by atoms with Crippen molar-refractivity contribution in [2.24, 2.45) is 5.92 Å². The number of carbonyl (C=O) groups is 1. The average molecular weight is 343 g/mol. The molecule has 6 heteroatoms. The highest BCUT2D eigenvalue weighted by Gasteiger charge is 2.39. The minimum Gasteiger partial charge on any atom is -0.322 e.